The van der Waals surface area contributed by atoms with Crippen LogP contribution >= 0.6 is 0 Å². The molecular formula is C20H24N2O3. The number of carbonyl (C=O) groups is 1. The van der Waals surface area contributed by atoms with Gasteiger partial charge in [-0.2, -0.15) is 5.26 Å². The first kappa shape index (κ1) is 16.3. The van der Waals surface area contributed by atoms with E-state index in [1.807, 2.05) is 11.0 Å². The molecule has 1 aliphatic carbocycles. The van der Waals surface area contributed by atoms with E-state index >= 15 is 0 Å². The molecule has 4 rings (SSSR count). The summed E-state index contributed by atoms with van der Waals surface area (Å²) in [6, 6.07) is 6.34. The second-order valence-electron chi connectivity index (χ2n) is 8.04. The fraction of sp³-hybridized carbons (Fsp3) is 0.600. The fourth-order valence-corrected chi connectivity index (χ4v) is 4.53. The molecule has 1 amide bonds. The molecule has 132 valence electrons. The van der Waals surface area contributed by atoms with Crippen molar-refractivity contribution in [1.82, 2.24) is 4.90 Å². The second kappa shape index (κ2) is 5.66. The fourth-order valence-electron chi connectivity index (χ4n) is 4.53. The number of nitrogens with zero attached hydrogens (tertiary/aromatic N) is 2. The van der Waals surface area contributed by atoms with Crippen molar-refractivity contribution in [2.24, 2.45) is 5.41 Å². The Morgan fingerprint density at radius 3 is 2.48 bits per heavy atom. The van der Waals surface area contributed by atoms with Gasteiger partial charge in [0.2, 0.25) is 5.91 Å². The van der Waals surface area contributed by atoms with Crippen molar-refractivity contribution in [2.45, 2.75) is 51.5 Å². The molecular weight excluding hydrogens is 316 g/mol. The number of benzene rings is 1. The number of hydrogen-bond acceptors (Lipinski definition) is 4. The molecule has 0 saturated heterocycles. The van der Waals surface area contributed by atoms with Crippen LogP contribution < -0.4 is 9.47 Å². The summed E-state index contributed by atoms with van der Waals surface area (Å²) in [5, 5.41) is 9.37. The van der Waals surface area contributed by atoms with Crippen LogP contribution in [0.15, 0.2) is 12.1 Å². The van der Waals surface area contributed by atoms with Crippen LogP contribution in [-0.4, -0.2) is 30.6 Å². The highest BCUT2D eigenvalue weighted by atomic mass is 16.6. The number of amides is 1. The van der Waals surface area contributed by atoms with Crippen molar-refractivity contribution in [3.05, 3.63) is 23.3 Å². The Morgan fingerprint density at radius 1 is 1.20 bits per heavy atom. The van der Waals surface area contributed by atoms with Crippen molar-refractivity contribution in [1.29, 1.82) is 5.26 Å². The molecule has 1 saturated carbocycles. The van der Waals surface area contributed by atoms with Crippen molar-refractivity contribution >= 4 is 5.91 Å². The average molecular weight is 340 g/mol. The summed E-state index contributed by atoms with van der Waals surface area (Å²) >= 11 is 0. The van der Waals surface area contributed by atoms with Crippen LogP contribution in [0.2, 0.25) is 0 Å². The number of carbonyl (C=O) groups excluding carboxylic acids is 1. The van der Waals surface area contributed by atoms with Gasteiger partial charge in [-0.15, -0.1) is 0 Å². The highest BCUT2D eigenvalue weighted by Gasteiger charge is 2.46. The molecule has 1 aromatic rings. The van der Waals surface area contributed by atoms with Gasteiger partial charge < -0.3 is 14.4 Å². The zero-order chi connectivity index (χ0) is 17.7. The first-order valence-corrected chi connectivity index (χ1v) is 9.09. The molecule has 0 bridgehead atoms. The maximum Gasteiger partial charge on any atom is 0.242 e. The predicted octanol–water partition coefficient (Wildman–Crippen LogP) is 3.16. The van der Waals surface area contributed by atoms with E-state index in [-0.39, 0.29) is 11.3 Å². The Morgan fingerprint density at radius 2 is 1.84 bits per heavy atom. The summed E-state index contributed by atoms with van der Waals surface area (Å²) in [5.41, 5.74) is 1.45. The van der Waals surface area contributed by atoms with Gasteiger partial charge in [0.25, 0.3) is 0 Å². The molecule has 2 aliphatic heterocycles. The smallest absolute Gasteiger partial charge is 0.242 e. The van der Waals surface area contributed by atoms with Crippen molar-refractivity contribution in [2.75, 3.05) is 19.8 Å². The molecule has 0 N–H and O–H groups in total. The van der Waals surface area contributed by atoms with Gasteiger partial charge in [0.15, 0.2) is 11.5 Å². The highest BCUT2D eigenvalue weighted by molar-refractivity contribution is 5.85. The minimum atomic E-state index is -0.995. The lowest BCUT2D eigenvalue weighted by Gasteiger charge is -2.44. The minimum Gasteiger partial charge on any atom is -0.486 e. The van der Waals surface area contributed by atoms with E-state index in [9.17, 15) is 10.1 Å². The SMILES string of the molecule is CC(C)(C#N)C(=O)N1Cc2cc3c(cc2C2(CCCC2)C1)OCCO3. The normalized spacial score (nSPS) is 20.9. The number of hydrogen-bond donors (Lipinski definition) is 0. The molecule has 5 heteroatoms. The Hall–Kier alpha value is -2.22. The molecule has 1 fully saturated rings. The Bertz CT molecular complexity index is 757. The molecule has 1 spiro atoms. The molecule has 0 unspecified atom stereocenters. The van der Waals surface area contributed by atoms with Gasteiger partial charge in [-0.3, -0.25) is 4.79 Å². The zero-order valence-electron chi connectivity index (χ0n) is 14.9. The van der Waals surface area contributed by atoms with Crippen molar-refractivity contribution in [3.63, 3.8) is 0 Å². The van der Waals surface area contributed by atoms with Gasteiger partial charge >= 0.3 is 0 Å². The molecule has 25 heavy (non-hydrogen) atoms. The van der Waals surface area contributed by atoms with Crippen LogP contribution in [0.25, 0.3) is 0 Å². The number of nitriles is 1. The Kier molecular flexibility index (Phi) is 3.68. The Labute approximate surface area is 148 Å². The Balaban J connectivity index is 1.77. The number of rotatable bonds is 1. The lowest BCUT2D eigenvalue weighted by atomic mass is 9.73. The summed E-state index contributed by atoms with van der Waals surface area (Å²) in [5.74, 6) is 1.52. The van der Waals surface area contributed by atoms with E-state index in [4.69, 9.17) is 9.47 Å². The monoisotopic (exact) mass is 340 g/mol. The predicted molar refractivity (Wildman–Crippen MR) is 92.4 cm³/mol. The van der Waals surface area contributed by atoms with E-state index in [2.05, 4.69) is 12.1 Å². The van der Waals surface area contributed by atoms with Crippen LogP contribution in [0.4, 0.5) is 0 Å². The lowest BCUT2D eigenvalue weighted by Crippen LogP contribution is -2.50. The average Bonchev–Trinajstić information content (AvgIpc) is 3.08. The molecule has 2 heterocycles. The molecule has 0 aromatic heterocycles. The van der Waals surface area contributed by atoms with E-state index in [1.54, 1.807) is 13.8 Å². The van der Waals surface area contributed by atoms with Gasteiger partial charge in [-0.05, 0) is 49.9 Å². The maximum atomic E-state index is 12.9. The summed E-state index contributed by atoms with van der Waals surface area (Å²) < 4.78 is 11.5. The minimum absolute atomic E-state index is 0.00931. The summed E-state index contributed by atoms with van der Waals surface area (Å²) in [4.78, 5) is 14.8. The lowest BCUT2D eigenvalue weighted by molar-refractivity contribution is -0.139. The van der Waals surface area contributed by atoms with Gasteiger partial charge in [0.05, 0.1) is 6.07 Å². The second-order valence-corrected chi connectivity index (χ2v) is 8.04. The molecule has 0 radical (unpaired) electrons. The molecule has 1 aromatic carbocycles. The topological polar surface area (TPSA) is 62.6 Å². The third-order valence-electron chi connectivity index (χ3n) is 5.86. The third-order valence-corrected chi connectivity index (χ3v) is 5.86. The van der Waals surface area contributed by atoms with E-state index in [1.165, 1.54) is 18.4 Å². The van der Waals surface area contributed by atoms with Crippen LogP contribution in [0.5, 0.6) is 11.5 Å². The standard InChI is InChI=1S/C20H24N2O3/c1-19(2,12-21)18(23)22-11-14-9-16-17(25-8-7-24-16)10-15(14)20(13-22)5-3-4-6-20/h9-10H,3-8,11,13H2,1-2H3. The summed E-state index contributed by atoms with van der Waals surface area (Å²) in [6.07, 6.45) is 4.52. The van der Waals surface area contributed by atoms with E-state index in [0.717, 1.165) is 29.9 Å². The largest absolute Gasteiger partial charge is 0.486 e. The molecule has 5 nitrogen and oxygen atoms in total. The summed E-state index contributed by atoms with van der Waals surface area (Å²) in [6.45, 7) is 5.79. The van der Waals surface area contributed by atoms with Gasteiger partial charge in [-0.25, -0.2) is 0 Å². The number of ether oxygens (including phenoxy) is 2. The molecule has 0 atom stereocenters. The first-order chi connectivity index (χ1) is 12.0. The van der Waals surface area contributed by atoms with Crippen LogP contribution in [0.3, 0.4) is 0 Å². The van der Waals surface area contributed by atoms with Gasteiger partial charge in [-0.1, -0.05) is 12.8 Å². The van der Waals surface area contributed by atoms with Gasteiger partial charge in [0, 0.05) is 18.5 Å². The highest BCUT2D eigenvalue weighted by Crippen LogP contribution is 2.49. The maximum absolute atomic E-state index is 12.9. The van der Waals surface area contributed by atoms with E-state index < -0.39 is 5.41 Å². The van der Waals surface area contributed by atoms with Crippen LogP contribution in [0.1, 0.15) is 50.7 Å². The van der Waals surface area contributed by atoms with E-state index in [0.29, 0.717) is 26.3 Å². The van der Waals surface area contributed by atoms with Gasteiger partial charge in [0.1, 0.15) is 18.6 Å². The third kappa shape index (κ3) is 2.55. The quantitative estimate of drug-likeness (QED) is 0.788. The van der Waals surface area contributed by atoms with Crippen LogP contribution in [0, 0.1) is 16.7 Å². The summed E-state index contributed by atoms with van der Waals surface area (Å²) in [7, 11) is 0. The first-order valence-electron chi connectivity index (χ1n) is 9.09. The van der Waals surface area contributed by atoms with Crippen molar-refractivity contribution in [3.8, 4) is 17.6 Å². The van der Waals surface area contributed by atoms with Crippen LogP contribution in [-0.2, 0) is 16.8 Å². The number of fused-ring (bicyclic) bond motifs is 3. The molecule has 3 aliphatic rings. The zero-order valence-corrected chi connectivity index (χ0v) is 14.9. The van der Waals surface area contributed by atoms with Crippen molar-refractivity contribution < 1.29 is 14.3 Å².